The smallest absolute Gasteiger partial charge is 0.340 e. The third-order valence-electron chi connectivity index (χ3n) is 2.50. The van der Waals surface area contributed by atoms with Crippen molar-refractivity contribution in [3.05, 3.63) is 34.8 Å². The SMILES string of the molecule is CC(C)OC(=O)c1ccnc(-c2ccc(C#N)s2)c1N. The Bertz CT molecular complexity index is 686. The van der Waals surface area contributed by atoms with Gasteiger partial charge < -0.3 is 10.5 Å². The average Bonchev–Trinajstić information content (AvgIpc) is 2.86. The largest absolute Gasteiger partial charge is 0.459 e. The van der Waals surface area contributed by atoms with Gasteiger partial charge in [-0.1, -0.05) is 0 Å². The molecule has 0 aliphatic heterocycles. The van der Waals surface area contributed by atoms with Gasteiger partial charge in [0.1, 0.15) is 16.6 Å². The fraction of sp³-hybridized carbons (Fsp3) is 0.214. The van der Waals surface area contributed by atoms with Gasteiger partial charge in [0.15, 0.2) is 0 Å². The van der Waals surface area contributed by atoms with Gasteiger partial charge in [-0.25, -0.2) is 4.79 Å². The molecule has 102 valence electrons. The topological polar surface area (TPSA) is 89.0 Å². The Morgan fingerprint density at radius 3 is 2.80 bits per heavy atom. The molecule has 2 heterocycles. The number of hydrogen-bond acceptors (Lipinski definition) is 6. The highest BCUT2D eigenvalue weighted by molar-refractivity contribution is 7.16. The summed E-state index contributed by atoms with van der Waals surface area (Å²) in [7, 11) is 0. The van der Waals surface area contributed by atoms with Crippen molar-refractivity contribution in [1.82, 2.24) is 4.98 Å². The van der Waals surface area contributed by atoms with Crippen LogP contribution in [0.4, 0.5) is 5.69 Å². The Kier molecular flexibility index (Phi) is 4.01. The molecular weight excluding hydrogens is 274 g/mol. The van der Waals surface area contributed by atoms with Gasteiger partial charge in [0.25, 0.3) is 0 Å². The molecule has 5 nitrogen and oxygen atoms in total. The van der Waals surface area contributed by atoms with E-state index in [2.05, 4.69) is 11.1 Å². The molecule has 20 heavy (non-hydrogen) atoms. The van der Waals surface area contributed by atoms with Crippen LogP contribution in [0.5, 0.6) is 0 Å². The van der Waals surface area contributed by atoms with Gasteiger partial charge in [-0.3, -0.25) is 4.98 Å². The first-order valence-corrected chi connectivity index (χ1v) is 6.80. The number of carbonyl (C=O) groups is 1. The molecule has 0 fully saturated rings. The molecule has 0 saturated carbocycles. The van der Waals surface area contributed by atoms with Crippen molar-refractivity contribution in [2.45, 2.75) is 20.0 Å². The fourth-order valence-electron chi connectivity index (χ4n) is 1.65. The first-order valence-electron chi connectivity index (χ1n) is 5.98. The van der Waals surface area contributed by atoms with E-state index < -0.39 is 5.97 Å². The van der Waals surface area contributed by atoms with Crippen LogP contribution in [-0.4, -0.2) is 17.1 Å². The Morgan fingerprint density at radius 1 is 1.45 bits per heavy atom. The maximum absolute atomic E-state index is 11.9. The molecular formula is C14H13N3O2S. The minimum Gasteiger partial charge on any atom is -0.459 e. The number of ether oxygens (including phenoxy) is 1. The Morgan fingerprint density at radius 2 is 2.20 bits per heavy atom. The molecule has 0 unspecified atom stereocenters. The Balaban J connectivity index is 2.42. The van der Waals surface area contributed by atoms with Crippen LogP contribution < -0.4 is 5.73 Å². The highest BCUT2D eigenvalue weighted by Gasteiger charge is 2.17. The highest BCUT2D eigenvalue weighted by atomic mass is 32.1. The molecule has 0 bridgehead atoms. The lowest BCUT2D eigenvalue weighted by Crippen LogP contribution is -2.14. The number of nitrogen functional groups attached to an aromatic ring is 1. The zero-order chi connectivity index (χ0) is 14.7. The number of nitriles is 1. The standard InChI is InChI=1S/C14H13N3O2S/c1-8(2)19-14(18)10-5-6-17-13(12(10)16)11-4-3-9(7-15)20-11/h3-6,8H,16H2,1-2H3. The van der Waals surface area contributed by atoms with E-state index in [1.54, 1.807) is 26.0 Å². The van der Waals surface area contributed by atoms with E-state index in [9.17, 15) is 4.79 Å². The van der Waals surface area contributed by atoms with Gasteiger partial charge >= 0.3 is 5.97 Å². The molecule has 2 N–H and O–H groups in total. The molecule has 2 aromatic heterocycles. The molecule has 0 aromatic carbocycles. The molecule has 0 amide bonds. The van der Waals surface area contributed by atoms with E-state index in [4.69, 9.17) is 15.7 Å². The summed E-state index contributed by atoms with van der Waals surface area (Å²) >= 11 is 1.28. The number of aromatic nitrogens is 1. The van der Waals surface area contributed by atoms with Gasteiger partial charge in [-0.2, -0.15) is 5.26 Å². The van der Waals surface area contributed by atoms with Crippen LogP contribution in [-0.2, 0) is 4.74 Å². The first kappa shape index (κ1) is 14.0. The van der Waals surface area contributed by atoms with Gasteiger partial charge in [0.05, 0.1) is 22.2 Å². The number of thiophene rings is 1. The van der Waals surface area contributed by atoms with Gasteiger partial charge in [-0.15, -0.1) is 11.3 Å². The van der Waals surface area contributed by atoms with Crippen molar-refractivity contribution in [3.8, 4) is 16.6 Å². The van der Waals surface area contributed by atoms with E-state index >= 15 is 0 Å². The second-order valence-electron chi connectivity index (χ2n) is 4.35. The number of pyridine rings is 1. The number of nitrogens with two attached hydrogens (primary N) is 1. The molecule has 0 aliphatic rings. The van der Waals surface area contributed by atoms with Gasteiger partial charge in [0.2, 0.25) is 0 Å². The maximum Gasteiger partial charge on any atom is 0.340 e. The molecule has 6 heteroatoms. The number of carbonyl (C=O) groups excluding carboxylic acids is 1. The molecule has 0 spiro atoms. The number of anilines is 1. The van der Waals surface area contributed by atoms with E-state index in [1.165, 1.54) is 23.6 Å². The summed E-state index contributed by atoms with van der Waals surface area (Å²) in [5.74, 6) is -0.474. The Hall–Kier alpha value is -2.39. The molecule has 2 aromatic rings. The summed E-state index contributed by atoms with van der Waals surface area (Å²) < 4.78 is 5.14. The predicted molar refractivity (Wildman–Crippen MR) is 77.2 cm³/mol. The van der Waals surface area contributed by atoms with E-state index in [1.807, 2.05) is 0 Å². The summed E-state index contributed by atoms with van der Waals surface area (Å²) in [5, 5.41) is 8.84. The molecule has 0 atom stereocenters. The van der Waals surface area contributed by atoms with Gasteiger partial charge in [-0.05, 0) is 32.0 Å². The second kappa shape index (κ2) is 5.72. The monoisotopic (exact) mass is 287 g/mol. The third kappa shape index (κ3) is 2.78. The van der Waals surface area contributed by atoms with Crippen molar-refractivity contribution in [2.75, 3.05) is 5.73 Å². The fourth-order valence-corrected chi connectivity index (χ4v) is 2.46. The maximum atomic E-state index is 11.9. The first-order chi connectivity index (χ1) is 9.52. The van der Waals surface area contributed by atoms with Crippen LogP contribution in [0.15, 0.2) is 24.4 Å². The number of hydrogen-bond donors (Lipinski definition) is 1. The van der Waals surface area contributed by atoms with Crippen LogP contribution >= 0.6 is 11.3 Å². The lowest BCUT2D eigenvalue weighted by Gasteiger charge is -2.11. The highest BCUT2D eigenvalue weighted by Crippen LogP contribution is 2.32. The second-order valence-corrected chi connectivity index (χ2v) is 5.43. The third-order valence-corrected chi connectivity index (χ3v) is 3.50. The quantitative estimate of drug-likeness (QED) is 0.877. The average molecular weight is 287 g/mol. The Labute approximate surface area is 120 Å². The van der Waals surface area contributed by atoms with E-state index in [0.29, 0.717) is 10.6 Å². The van der Waals surface area contributed by atoms with Crippen LogP contribution in [0.1, 0.15) is 29.1 Å². The zero-order valence-corrected chi connectivity index (χ0v) is 11.9. The minimum atomic E-state index is -0.474. The molecule has 0 aliphatic carbocycles. The number of esters is 1. The van der Waals surface area contributed by atoms with Crippen molar-refractivity contribution in [3.63, 3.8) is 0 Å². The summed E-state index contributed by atoms with van der Waals surface area (Å²) in [4.78, 5) is 17.4. The van der Waals surface area contributed by atoms with Crippen molar-refractivity contribution < 1.29 is 9.53 Å². The summed E-state index contributed by atoms with van der Waals surface area (Å²) in [6.45, 7) is 3.54. The minimum absolute atomic E-state index is 0.217. The summed E-state index contributed by atoms with van der Waals surface area (Å²) in [6, 6.07) is 7.05. The van der Waals surface area contributed by atoms with E-state index in [0.717, 1.165) is 4.88 Å². The van der Waals surface area contributed by atoms with Crippen LogP contribution in [0, 0.1) is 11.3 Å². The molecule has 2 rings (SSSR count). The van der Waals surface area contributed by atoms with E-state index in [-0.39, 0.29) is 17.4 Å². The number of rotatable bonds is 3. The lowest BCUT2D eigenvalue weighted by atomic mass is 10.1. The van der Waals surface area contributed by atoms with Crippen LogP contribution in [0.2, 0.25) is 0 Å². The molecule has 0 saturated heterocycles. The van der Waals surface area contributed by atoms with Crippen LogP contribution in [0.3, 0.4) is 0 Å². The molecule has 0 radical (unpaired) electrons. The number of nitrogens with zero attached hydrogens (tertiary/aromatic N) is 2. The lowest BCUT2D eigenvalue weighted by molar-refractivity contribution is 0.0379. The van der Waals surface area contributed by atoms with Crippen molar-refractivity contribution in [1.29, 1.82) is 5.26 Å². The van der Waals surface area contributed by atoms with Gasteiger partial charge in [0, 0.05) is 6.20 Å². The predicted octanol–water partition coefficient (Wildman–Crippen LogP) is 2.83. The van der Waals surface area contributed by atoms with Crippen molar-refractivity contribution >= 4 is 23.0 Å². The normalized spacial score (nSPS) is 10.3. The summed E-state index contributed by atoms with van der Waals surface area (Å²) in [6.07, 6.45) is 1.29. The van der Waals surface area contributed by atoms with Crippen LogP contribution in [0.25, 0.3) is 10.6 Å². The van der Waals surface area contributed by atoms with Crippen molar-refractivity contribution in [2.24, 2.45) is 0 Å². The summed E-state index contributed by atoms with van der Waals surface area (Å²) in [5.41, 5.74) is 7.05. The zero-order valence-electron chi connectivity index (χ0n) is 11.1.